The molecule has 0 heterocycles. The molecule has 1 amide bonds. The Morgan fingerprint density at radius 1 is 1.53 bits per heavy atom. The highest BCUT2D eigenvalue weighted by molar-refractivity contribution is 5.84. The molecule has 0 spiro atoms. The zero-order valence-electron chi connectivity index (χ0n) is 10.3. The number of ether oxygens (including phenoxy) is 1. The highest BCUT2D eigenvalue weighted by Crippen LogP contribution is 2.14. The van der Waals surface area contributed by atoms with Gasteiger partial charge in [-0.25, -0.2) is 0 Å². The summed E-state index contributed by atoms with van der Waals surface area (Å²) in [6, 6.07) is 0.0588. The Morgan fingerprint density at radius 3 is 2.47 bits per heavy atom. The van der Waals surface area contributed by atoms with Gasteiger partial charge in [0.2, 0.25) is 0 Å². The van der Waals surface area contributed by atoms with Crippen molar-refractivity contribution in [2.45, 2.75) is 51.7 Å². The first-order valence-corrected chi connectivity index (χ1v) is 5.60. The molecule has 0 aliphatic carbocycles. The predicted molar refractivity (Wildman–Crippen MR) is 61.6 cm³/mol. The second-order valence-electron chi connectivity index (χ2n) is 3.98. The Hall–Kier alpha value is -0.610. The van der Waals surface area contributed by atoms with Crippen molar-refractivity contribution in [1.29, 1.82) is 0 Å². The maximum absolute atomic E-state index is 11.9. The molecule has 4 heteroatoms. The van der Waals surface area contributed by atoms with E-state index >= 15 is 0 Å². The molecule has 0 aliphatic rings. The highest BCUT2D eigenvalue weighted by Gasteiger charge is 2.31. The Kier molecular flexibility index (Phi) is 6.52. The number of hydrogen-bond donors (Lipinski definition) is 2. The third-order valence-electron chi connectivity index (χ3n) is 2.86. The fourth-order valence-electron chi connectivity index (χ4n) is 1.33. The van der Waals surface area contributed by atoms with Gasteiger partial charge in [-0.2, -0.15) is 0 Å². The van der Waals surface area contributed by atoms with Crippen LogP contribution in [0.25, 0.3) is 0 Å². The molecule has 2 atom stereocenters. The number of carbonyl (C=O) groups excluding carboxylic acids is 1. The molecule has 0 saturated carbocycles. The Labute approximate surface area is 92.6 Å². The second-order valence-corrected chi connectivity index (χ2v) is 3.98. The van der Waals surface area contributed by atoms with Crippen molar-refractivity contribution in [3.05, 3.63) is 0 Å². The number of hydrogen-bond acceptors (Lipinski definition) is 3. The molecule has 0 saturated heterocycles. The number of nitrogens with two attached hydrogens (primary N) is 1. The number of carbonyl (C=O) groups is 1. The van der Waals surface area contributed by atoms with E-state index in [0.717, 1.165) is 12.8 Å². The average molecular weight is 216 g/mol. The first-order chi connectivity index (χ1) is 7.03. The molecule has 0 aromatic rings. The van der Waals surface area contributed by atoms with Gasteiger partial charge in [0, 0.05) is 19.7 Å². The monoisotopic (exact) mass is 216 g/mol. The van der Waals surface area contributed by atoms with E-state index in [-0.39, 0.29) is 11.9 Å². The van der Waals surface area contributed by atoms with Crippen LogP contribution in [0.3, 0.4) is 0 Å². The molecule has 0 radical (unpaired) electrons. The van der Waals surface area contributed by atoms with Crippen LogP contribution in [0.2, 0.25) is 0 Å². The molecular formula is C11H24N2O2. The van der Waals surface area contributed by atoms with E-state index in [1.165, 1.54) is 0 Å². The third-order valence-corrected chi connectivity index (χ3v) is 2.86. The fraction of sp³-hybridized carbons (Fsp3) is 0.909. The smallest absolute Gasteiger partial charge is 0.252 e. The standard InChI is InChI=1S/C11H24N2O2/c1-5-7-9(8-12)13-10(14)11(3,6-2)15-4/h9H,5-8,12H2,1-4H3,(H,13,14). The van der Waals surface area contributed by atoms with Crippen molar-refractivity contribution in [3.63, 3.8) is 0 Å². The van der Waals surface area contributed by atoms with Gasteiger partial charge in [0.05, 0.1) is 0 Å². The van der Waals surface area contributed by atoms with Crippen LogP contribution in [0.5, 0.6) is 0 Å². The van der Waals surface area contributed by atoms with Gasteiger partial charge >= 0.3 is 0 Å². The second kappa shape index (κ2) is 6.80. The Morgan fingerprint density at radius 2 is 2.13 bits per heavy atom. The minimum atomic E-state index is -0.735. The van der Waals surface area contributed by atoms with Crippen LogP contribution >= 0.6 is 0 Å². The molecule has 0 bridgehead atoms. The molecule has 0 fully saturated rings. The molecule has 3 N–H and O–H groups in total. The van der Waals surface area contributed by atoms with Crippen LogP contribution in [-0.4, -0.2) is 31.2 Å². The summed E-state index contributed by atoms with van der Waals surface area (Å²) in [7, 11) is 1.56. The normalized spacial score (nSPS) is 16.9. The van der Waals surface area contributed by atoms with E-state index < -0.39 is 5.60 Å². The summed E-state index contributed by atoms with van der Waals surface area (Å²) in [6.45, 7) is 6.27. The summed E-state index contributed by atoms with van der Waals surface area (Å²) >= 11 is 0. The first kappa shape index (κ1) is 14.4. The van der Waals surface area contributed by atoms with Gasteiger partial charge in [0.1, 0.15) is 5.60 Å². The summed E-state index contributed by atoms with van der Waals surface area (Å²) in [6.07, 6.45) is 2.57. The summed E-state index contributed by atoms with van der Waals surface area (Å²) in [5.74, 6) is -0.0728. The van der Waals surface area contributed by atoms with Crippen molar-refractivity contribution < 1.29 is 9.53 Å². The molecule has 4 nitrogen and oxygen atoms in total. The van der Waals surface area contributed by atoms with Crippen molar-refractivity contribution in [2.75, 3.05) is 13.7 Å². The van der Waals surface area contributed by atoms with Crippen molar-refractivity contribution >= 4 is 5.91 Å². The van der Waals surface area contributed by atoms with Crippen molar-refractivity contribution in [1.82, 2.24) is 5.32 Å². The van der Waals surface area contributed by atoms with E-state index in [1.807, 2.05) is 6.92 Å². The molecule has 90 valence electrons. The van der Waals surface area contributed by atoms with Gasteiger partial charge in [-0.3, -0.25) is 4.79 Å². The molecule has 0 aromatic heterocycles. The number of methoxy groups -OCH3 is 1. The topological polar surface area (TPSA) is 64.3 Å². The zero-order chi connectivity index (χ0) is 11.9. The van der Waals surface area contributed by atoms with Crippen LogP contribution in [0, 0.1) is 0 Å². The summed E-state index contributed by atoms with van der Waals surface area (Å²) in [5, 5.41) is 2.92. The third kappa shape index (κ3) is 4.18. The Bertz CT molecular complexity index is 191. The van der Waals surface area contributed by atoms with E-state index in [9.17, 15) is 4.79 Å². The van der Waals surface area contributed by atoms with E-state index in [4.69, 9.17) is 10.5 Å². The lowest BCUT2D eigenvalue weighted by Crippen LogP contribution is -2.51. The molecule has 0 aromatic carbocycles. The largest absolute Gasteiger partial charge is 0.369 e. The van der Waals surface area contributed by atoms with Crippen LogP contribution in [0.15, 0.2) is 0 Å². The maximum Gasteiger partial charge on any atom is 0.252 e. The quantitative estimate of drug-likeness (QED) is 0.668. The predicted octanol–water partition coefficient (Wildman–Crippen LogP) is 1.05. The lowest BCUT2D eigenvalue weighted by molar-refractivity contribution is -0.142. The van der Waals surface area contributed by atoms with E-state index in [0.29, 0.717) is 13.0 Å². The Balaban J connectivity index is 4.31. The first-order valence-electron chi connectivity index (χ1n) is 5.60. The van der Waals surface area contributed by atoms with Crippen LogP contribution in [-0.2, 0) is 9.53 Å². The molecule has 0 rings (SSSR count). The number of rotatable bonds is 7. The van der Waals surface area contributed by atoms with Gasteiger partial charge in [0.15, 0.2) is 0 Å². The lowest BCUT2D eigenvalue weighted by Gasteiger charge is -2.28. The van der Waals surface area contributed by atoms with Gasteiger partial charge in [0.25, 0.3) is 5.91 Å². The number of amides is 1. The lowest BCUT2D eigenvalue weighted by atomic mass is 10.0. The fourth-order valence-corrected chi connectivity index (χ4v) is 1.33. The van der Waals surface area contributed by atoms with Crippen LogP contribution in [0.4, 0.5) is 0 Å². The molecule has 2 unspecified atom stereocenters. The average Bonchev–Trinajstić information content (AvgIpc) is 2.27. The maximum atomic E-state index is 11.9. The van der Waals surface area contributed by atoms with Crippen molar-refractivity contribution in [2.24, 2.45) is 5.73 Å². The zero-order valence-corrected chi connectivity index (χ0v) is 10.3. The molecular weight excluding hydrogens is 192 g/mol. The molecule has 15 heavy (non-hydrogen) atoms. The minimum absolute atomic E-state index is 0.0588. The summed E-state index contributed by atoms with van der Waals surface area (Å²) in [4.78, 5) is 11.9. The number of nitrogens with one attached hydrogen (secondary N) is 1. The van der Waals surface area contributed by atoms with Gasteiger partial charge in [-0.1, -0.05) is 20.3 Å². The summed E-state index contributed by atoms with van der Waals surface area (Å²) in [5.41, 5.74) is 4.84. The van der Waals surface area contributed by atoms with E-state index in [1.54, 1.807) is 14.0 Å². The SMILES string of the molecule is CCCC(CN)NC(=O)C(C)(CC)OC. The summed E-state index contributed by atoms with van der Waals surface area (Å²) < 4.78 is 5.22. The van der Waals surface area contributed by atoms with Gasteiger partial charge in [-0.15, -0.1) is 0 Å². The van der Waals surface area contributed by atoms with Crippen LogP contribution < -0.4 is 11.1 Å². The van der Waals surface area contributed by atoms with E-state index in [2.05, 4.69) is 12.2 Å². The van der Waals surface area contributed by atoms with Gasteiger partial charge < -0.3 is 15.8 Å². The highest BCUT2D eigenvalue weighted by atomic mass is 16.5. The van der Waals surface area contributed by atoms with Crippen molar-refractivity contribution in [3.8, 4) is 0 Å². The van der Waals surface area contributed by atoms with Crippen LogP contribution in [0.1, 0.15) is 40.0 Å². The molecule has 0 aliphatic heterocycles. The minimum Gasteiger partial charge on any atom is -0.369 e. The van der Waals surface area contributed by atoms with Gasteiger partial charge in [-0.05, 0) is 19.8 Å².